The van der Waals surface area contributed by atoms with Crippen molar-refractivity contribution in [1.29, 1.82) is 0 Å². The lowest BCUT2D eigenvalue weighted by molar-refractivity contribution is 0.136. The number of rotatable bonds is 21. The Morgan fingerprint density at radius 2 is 1.03 bits per heavy atom. The van der Waals surface area contributed by atoms with Gasteiger partial charge in [-0.1, -0.05) is 84.5 Å². The summed E-state index contributed by atoms with van der Waals surface area (Å²) in [5.74, 6) is 0.845. The summed E-state index contributed by atoms with van der Waals surface area (Å²) >= 11 is 0. The SMILES string of the molecule is CC(C)CCCCCCCCCCCCCOP(=O)(O)O.OCCN(CCO)CCO. The van der Waals surface area contributed by atoms with Crippen LogP contribution in [0.25, 0.3) is 0 Å². The Balaban J connectivity index is 0. The Morgan fingerprint density at radius 1 is 0.677 bits per heavy atom. The molecule has 9 heteroatoms. The van der Waals surface area contributed by atoms with Crippen molar-refractivity contribution in [2.75, 3.05) is 46.1 Å². The summed E-state index contributed by atoms with van der Waals surface area (Å²) < 4.78 is 14.8. The zero-order valence-corrected chi connectivity index (χ0v) is 20.9. The van der Waals surface area contributed by atoms with Crippen molar-refractivity contribution in [3.63, 3.8) is 0 Å². The molecule has 0 saturated heterocycles. The van der Waals surface area contributed by atoms with Crippen LogP contribution in [0, 0.1) is 5.92 Å². The first kappa shape index (κ1) is 33.1. The molecule has 190 valence electrons. The Morgan fingerprint density at radius 3 is 1.35 bits per heavy atom. The molecule has 0 unspecified atom stereocenters. The summed E-state index contributed by atoms with van der Waals surface area (Å²) in [6.07, 6.45) is 14.9. The van der Waals surface area contributed by atoms with Crippen LogP contribution in [0.5, 0.6) is 0 Å². The van der Waals surface area contributed by atoms with E-state index in [1.165, 1.54) is 57.8 Å². The first-order valence-corrected chi connectivity index (χ1v) is 13.5. The second kappa shape index (κ2) is 24.6. The summed E-state index contributed by atoms with van der Waals surface area (Å²) in [5.41, 5.74) is 0. The van der Waals surface area contributed by atoms with Crippen molar-refractivity contribution < 1.29 is 34.2 Å². The van der Waals surface area contributed by atoms with E-state index in [1.807, 2.05) is 0 Å². The summed E-state index contributed by atoms with van der Waals surface area (Å²) in [6.45, 7) is 6.50. The number of phosphoric ester groups is 1. The van der Waals surface area contributed by atoms with E-state index in [9.17, 15) is 4.57 Å². The molecular formula is C22H50NO7P. The third-order valence-corrected chi connectivity index (χ3v) is 5.45. The minimum Gasteiger partial charge on any atom is -0.395 e. The topological polar surface area (TPSA) is 131 Å². The van der Waals surface area contributed by atoms with Gasteiger partial charge in [-0.05, 0) is 12.3 Å². The number of hydrogen-bond acceptors (Lipinski definition) is 6. The average Bonchev–Trinajstić information content (AvgIpc) is 2.68. The Labute approximate surface area is 190 Å². The molecule has 5 N–H and O–H groups in total. The lowest BCUT2D eigenvalue weighted by Gasteiger charge is -2.17. The number of nitrogens with zero attached hydrogens (tertiary/aromatic N) is 1. The number of phosphoric acid groups is 1. The quantitative estimate of drug-likeness (QED) is 0.127. The van der Waals surface area contributed by atoms with E-state index < -0.39 is 7.82 Å². The molecule has 0 saturated carbocycles. The van der Waals surface area contributed by atoms with Crippen LogP contribution in [0.4, 0.5) is 0 Å². The predicted octanol–water partition coefficient (Wildman–Crippen LogP) is 3.70. The van der Waals surface area contributed by atoms with E-state index in [2.05, 4.69) is 18.4 Å². The third-order valence-electron chi connectivity index (χ3n) is 4.93. The fourth-order valence-corrected chi connectivity index (χ4v) is 3.56. The van der Waals surface area contributed by atoms with Gasteiger partial charge < -0.3 is 25.1 Å². The van der Waals surface area contributed by atoms with Gasteiger partial charge >= 0.3 is 7.82 Å². The zero-order chi connectivity index (χ0) is 23.8. The maximum absolute atomic E-state index is 10.4. The van der Waals surface area contributed by atoms with Gasteiger partial charge in [0.2, 0.25) is 0 Å². The van der Waals surface area contributed by atoms with Gasteiger partial charge in [0.1, 0.15) is 0 Å². The van der Waals surface area contributed by atoms with Crippen molar-refractivity contribution in [1.82, 2.24) is 4.90 Å². The van der Waals surface area contributed by atoms with Crippen LogP contribution in [0.2, 0.25) is 0 Å². The molecular weight excluding hydrogens is 421 g/mol. The van der Waals surface area contributed by atoms with Crippen LogP contribution in [0.15, 0.2) is 0 Å². The number of unbranched alkanes of at least 4 members (excludes halogenated alkanes) is 10. The van der Waals surface area contributed by atoms with E-state index in [1.54, 1.807) is 4.90 Å². The highest BCUT2D eigenvalue weighted by Gasteiger charge is 2.12. The molecule has 0 aliphatic carbocycles. The van der Waals surface area contributed by atoms with E-state index in [0.29, 0.717) is 19.6 Å². The standard InChI is InChI=1S/C16H35O4P.C6H15NO3/c1-16(2)14-12-10-8-6-4-3-5-7-9-11-13-15-20-21(17,18)19;8-4-1-7(2-5-9)3-6-10/h16H,3-15H2,1-2H3,(H2,17,18,19);8-10H,1-6H2. The highest BCUT2D eigenvalue weighted by molar-refractivity contribution is 7.46. The highest BCUT2D eigenvalue weighted by Crippen LogP contribution is 2.35. The zero-order valence-electron chi connectivity index (χ0n) is 20.0. The monoisotopic (exact) mass is 471 g/mol. The van der Waals surface area contributed by atoms with Crippen molar-refractivity contribution in [2.45, 2.75) is 90.9 Å². The Bertz CT molecular complexity index is 380. The molecule has 8 nitrogen and oxygen atoms in total. The Kier molecular flexibility index (Phi) is 26.3. The van der Waals surface area contributed by atoms with Gasteiger partial charge in [-0.15, -0.1) is 0 Å². The molecule has 0 amide bonds. The summed E-state index contributed by atoms with van der Waals surface area (Å²) in [7, 11) is -4.25. The fourth-order valence-electron chi connectivity index (χ4n) is 3.19. The molecule has 31 heavy (non-hydrogen) atoms. The molecule has 0 aliphatic heterocycles. The van der Waals surface area contributed by atoms with Crippen LogP contribution in [0.1, 0.15) is 90.9 Å². The van der Waals surface area contributed by atoms with Gasteiger partial charge in [-0.3, -0.25) is 9.42 Å². The van der Waals surface area contributed by atoms with Gasteiger partial charge in [-0.25, -0.2) is 4.57 Å². The molecule has 0 aromatic rings. The second-order valence-electron chi connectivity index (χ2n) is 8.41. The third kappa shape index (κ3) is 32.2. The van der Waals surface area contributed by atoms with Crippen molar-refractivity contribution in [3.8, 4) is 0 Å². The average molecular weight is 472 g/mol. The van der Waals surface area contributed by atoms with Gasteiger partial charge in [0.05, 0.1) is 26.4 Å². The van der Waals surface area contributed by atoms with Gasteiger partial charge in [-0.2, -0.15) is 0 Å². The lowest BCUT2D eigenvalue weighted by Crippen LogP contribution is -2.32. The number of hydrogen-bond donors (Lipinski definition) is 5. The molecule has 0 rings (SSSR count). The van der Waals surface area contributed by atoms with E-state index in [-0.39, 0.29) is 26.4 Å². The van der Waals surface area contributed by atoms with Crippen LogP contribution in [-0.2, 0) is 9.09 Å². The first-order valence-electron chi connectivity index (χ1n) is 12.0. The molecule has 0 aliphatic rings. The van der Waals surface area contributed by atoms with Crippen LogP contribution in [0.3, 0.4) is 0 Å². The van der Waals surface area contributed by atoms with Gasteiger partial charge in [0, 0.05) is 19.6 Å². The van der Waals surface area contributed by atoms with Crippen molar-refractivity contribution >= 4 is 7.82 Å². The summed E-state index contributed by atoms with van der Waals surface area (Å²) in [5, 5.41) is 25.5. The summed E-state index contributed by atoms with van der Waals surface area (Å²) in [6, 6.07) is 0. The summed E-state index contributed by atoms with van der Waals surface area (Å²) in [4.78, 5) is 18.8. The molecule has 0 fully saturated rings. The maximum Gasteiger partial charge on any atom is 0.469 e. The molecule has 0 spiro atoms. The van der Waals surface area contributed by atoms with Crippen molar-refractivity contribution in [3.05, 3.63) is 0 Å². The molecule has 0 radical (unpaired) electrons. The fraction of sp³-hybridized carbons (Fsp3) is 1.00. The van der Waals surface area contributed by atoms with Gasteiger partial charge in [0.25, 0.3) is 0 Å². The second-order valence-corrected chi connectivity index (χ2v) is 9.65. The highest BCUT2D eigenvalue weighted by atomic mass is 31.2. The number of aliphatic hydroxyl groups excluding tert-OH is 3. The van der Waals surface area contributed by atoms with Crippen LogP contribution < -0.4 is 0 Å². The Hall–Kier alpha value is -0.0500. The minimum atomic E-state index is -4.25. The van der Waals surface area contributed by atoms with E-state index >= 15 is 0 Å². The first-order chi connectivity index (χ1) is 14.8. The molecule has 0 aromatic carbocycles. The van der Waals surface area contributed by atoms with E-state index in [0.717, 1.165) is 25.2 Å². The molecule has 0 bridgehead atoms. The van der Waals surface area contributed by atoms with Crippen LogP contribution >= 0.6 is 7.82 Å². The van der Waals surface area contributed by atoms with Crippen LogP contribution in [-0.4, -0.2) is 76.1 Å². The predicted molar refractivity (Wildman–Crippen MR) is 126 cm³/mol. The molecule has 0 heterocycles. The molecule has 0 aromatic heterocycles. The number of aliphatic hydroxyl groups is 3. The normalized spacial score (nSPS) is 11.8. The minimum absolute atomic E-state index is 0.0694. The smallest absolute Gasteiger partial charge is 0.395 e. The molecule has 0 atom stereocenters. The van der Waals surface area contributed by atoms with Gasteiger partial charge in [0.15, 0.2) is 0 Å². The largest absolute Gasteiger partial charge is 0.469 e. The van der Waals surface area contributed by atoms with E-state index in [4.69, 9.17) is 25.1 Å². The van der Waals surface area contributed by atoms with Crippen molar-refractivity contribution in [2.24, 2.45) is 5.92 Å². The maximum atomic E-state index is 10.4. The lowest BCUT2D eigenvalue weighted by atomic mass is 10.0.